The number of anilines is 1. The molecule has 2 aromatic heterocycles. The molecule has 2 heterocycles. The Hall–Kier alpha value is -3.72. The van der Waals surface area contributed by atoms with Crippen LogP contribution < -0.4 is 9.46 Å². The van der Waals surface area contributed by atoms with Crippen LogP contribution in [0, 0.1) is 13.8 Å². The van der Waals surface area contributed by atoms with Gasteiger partial charge >= 0.3 is 0 Å². The molecular weight excluding hydrogens is 402 g/mol. The Balaban J connectivity index is 1.44. The maximum Gasteiger partial charge on any atom is 0.261 e. The highest BCUT2D eigenvalue weighted by molar-refractivity contribution is 7.92. The molecule has 0 atom stereocenters. The van der Waals surface area contributed by atoms with Crippen molar-refractivity contribution in [3.63, 3.8) is 0 Å². The van der Waals surface area contributed by atoms with Gasteiger partial charge in [0.1, 0.15) is 11.6 Å². The summed E-state index contributed by atoms with van der Waals surface area (Å²) in [6.45, 7) is 3.72. The van der Waals surface area contributed by atoms with Crippen molar-refractivity contribution in [1.29, 1.82) is 0 Å². The van der Waals surface area contributed by atoms with E-state index in [1.807, 2.05) is 24.5 Å². The van der Waals surface area contributed by atoms with Crippen LogP contribution in [0.25, 0.3) is 5.82 Å². The zero-order chi connectivity index (χ0) is 21.1. The van der Waals surface area contributed by atoms with E-state index in [2.05, 4.69) is 19.9 Å². The Morgan fingerprint density at radius 1 is 0.967 bits per heavy atom. The Bertz CT molecular complexity index is 1270. The molecule has 0 radical (unpaired) electrons. The van der Waals surface area contributed by atoms with Crippen LogP contribution in [-0.2, 0) is 10.0 Å². The fourth-order valence-corrected chi connectivity index (χ4v) is 3.99. The summed E-state index contributed by atoms with van der Waals surface area (Å²) in [6, 6.07) is 16.8. The Morgan fingerprint density at radius 2 is 1.77 bits per heavy atom. The second kappa shape index (κ2) is 7.96. The predicted molar refractivity (Wildman–Crippen MR) is 112 cm³/mol. The molecule has 152 valence electrons. The minimum absolute atomic E-state index is 0.214. The number of imidazole rings is 1. The third-order valence-electron chi connectivity index (χ3n) is 4.33. The van der Waals surface area contributed by atoms with Crippen LogP contribution in [0.4, 0.5) is 5.69 Å². The number of ether oxygens (including phenoxy) is 1. The molecule has 30 heavy (non-hydrogen) atoms. The summed E-state index contributed by atoms with van der Waals surface area (Å²) in [5.74, 6) is 2.28. The SMILES string of the molecule is Cc1cccc(S(=O)(=O)Nc2ccc(Oc3ccc(-n4ccnc4C)nn3)cc2)c1. The van der Waals surface area contributed by atoms with Gasteiger partial charge in [0.05, 0.1) is 4.90 Å². The molecule has 9 heteroatoms. The number of benzene rings is 2. The van der Waals surface area contributed by atoms with Gasteiger partial charge in [-0.2, -0.15) is 0 Å². The van der Waals surface area contributed by atoms with E-state index in [9.17, 15) is 8.42 Å². The van der Waals surface area contributed by atoms with Crippen molar-refractivity contribution in [2.45, 2.75) is 18.7 Å². The van der Waals surface area contributed by atoms with E-state index in [-0.39, 0.29) is 4.90 Å². The van der Waals surface area contributed by atoms with Gasteiger partial charge < -0.3 is 4.74 Å². The number of rotatable bonds is 6. The molecule has 0 saturated heterocycles. The van der Waals surface area contributed by atoms with Crippen LogP contribution in [0.5, 0.6) is 11.6 Å². The molecule has 1 N–H and O–H groups in total. The molecule has 0 fully saturated rings. The first-order chi connectivity index (χ1) is 14.4. The number of nitrogens with one attached hydrogen (secondary N) is 1. The summed E-state index contributed by atoms with van der Waals surface area (Å²) in [7, 11) is -3.66. The van der Waals surface area contributed by atoms with Crippen molar-refractivity contribution >= 4 is 15.7 Å². The summed E-state index contributed by atoms with van der Waals surface area (Å²) in [5, 5.41) is 8.21. The van der Waals surface area contributed by atoms with Crippen LogP contribution >= 0.6 is 0 Å². The second-order valence-corrected chi connectivity index (χ2v) is 8.31. The van der Waals surface area contributed by atoms with E-state index in [0.717, 1.165) is 11.4 Å². The van der Waals surface area contributed by atoms with Crippen LogP contribution in [0.3, 0.4) is 0 Å². The van der Waals surface area contributed by atoms with E-state index >= 15 is 0 Å². The standard InChI is InChI=1S/C21H19N5O3S/c1-15-4-3-5-19(14-15)30(27,28)25-17-6-8-18(9-7-17)29-21-11-10-20(23-24-21)26-13-12-22-16(26)2/h3-14,25H,1-2H3. The fraction of sp³-hybridized carbons (Fsp3) is 0.0952. The Kier molecular flexibility index (Phi) is 5.20. The van der Waals surface area contributed by atoms with Gasteiger partial charge in [0.25, 0.3) is 10.0 Å². The maximum absolute atomic E-state index is 12.5. The number of aryl methyl sites for hydroxylation is 2. The van der Waals surface area contributed by atoms with Gasteiger partial charge in [-0.05, 0) is 61.9 Å². The normalized spacial score (nSPS) is 11.3. The van der Waals surface area contributed by atoms with Gasteiger partial charge in [-0.3, -0.25) is 9.29 Å². The molecule has 4 aromatic rings. The molecule has 0 amide bonds. The molecule has 8 nitrogen and oxygen atoms in total. The van der Waals surface area contributed by atoms with Crippen LogP contribution in [-0.4, -0.2) is 28.2 Å². The first-order valence-corrected chi connectivity index (χ1v) is 10.6. The van der Waals surface area contributed by atoms with Crippen molar-refractivity contribution in [3.8, 4) is 17.4 Å². The number of nitrogens with zero attached hydrogens (tertiary/aromatic N) is 4. The van der Waals surface area contributed by atoms with Crippen LogP contribution in [0.15, 0.2) is 78.0 Å². The molecule has 2 aromatic carbocycles. The lowest BCUT2D eigenvalue weighted by molar-refractivity contribution is 0.454. The second-order valence-electron chi connectivity index (χ2n) is 6.62. The summed E-state index contributed by atoms with van der Waals surface area (Å²) >= 11 is 0. The van der Waals surface area contributed by atoms with Crippen LogP contribution in [0.1, 0.15) is 11.4 Å². The highest BCUT2D eigenvalue weighted by atomic mass is 32.2. The lowest BCUT2D eigenvalue weighted by Gasteiger charge is -2.10. The van der Waals surface area contributed by atoms with Gasteiger partial charge in [0.2, 0.25) is 5.88 Å². The summed E-state index contributed by atoms with van der Waals surface area (Å²) < 4.78 is 35.1. The number of sulfonamides is 1. The topological polar surface area (TPSA) is 99.0 Å². The summed E-state index contributed by atoms with van der Waals surface area (Å²) in [6.07, 6.45) is 3.49. The first-order valence-electron chi connectivity index (χ1n) is 9.12. The highest BCUT2D eigenvalue weighted by Crippen LogP contribution is 2.23. The highest BCUT2D eigenvalue weighted by Gasteiger charge is 2.14. The van der Waals surface area contributed by atoms with Gasteiger partial charge in [-0.25, -0.2) is 13.4 Å². The first kappa shape index (κ1) is 19.6. The van der Waals surface area contributed by atoms with E-state index in [0.29, 0.717) is 23.1 Å². The van der Waals surface area contributed by atoms with E-state index in [1.165, 1.54) is 0 Å². The minimum Gasteiger partial charge on any atom is -0.438 e. The zero-order valence-electron chi connectivity index (χ0n) is 16.4. The summed E-state index contributed by atoms with van der Waals surface area (Å²) in [5.41, 5.74) is 1.30. The molecule has 0 spiro atoms. The molecule has 0 aliphatic heterocycles. The molecular formula is C21H19N5O3S. The van der Waals surface area contributed by atoms with Crippen molar-refractivity contribution in [3.05, 3.63) is 84.4 Å². The van der Waals surface area contributed by atoms with Gasteiger partial charge in [0, 0.05) is 24.1 Å². The third-order valence-corrected chi connectivity index (χ3v) is 5.71. The summed E-state index contributed by atoms with van der Waals surface area (Å²) in [4.78, 5) is 4.37. The zero-order valence-corrected chi connectivity index (χ0v) is 17.2. The monoisotopic (exact) mass is 421 g/mol. The van der Waals surface area contributed by atoms with Gasteiger partial charge in [0.15, 0.2) is 5.82 Å². The fourth-order valence-electron chi connectivity index (χ4n) is 2.82. The van der Waals surface area contributed by atoms with E-state index in [1.54, 1.807) is 67.0 Å². The number of hydrogen-bond donors (Lipinski definition) is 1. The Morgan fingerprint density at radius 3 is 2.40 bits per heavy atom. The lowest BCUT2D eigenvalue weighted by atomic mass is 10.2. The van der Waals surface area contributed by atoms with E-state index in [4.69, 9.17) is 4.74 Å². The number of hydrogen-bond acceptors (Lipinski definition) is 6. The average Bonchev–Trinajstić information content (AvgIpc) is 3.16. The largest absolute Gasteiger partial charge is 0.438 e. The van der Waals surface area contributed by atoms with Crippen LogP contribution in [0.2, 0.25) is 0 Å². The molecule has 0 unspecified atom stereocenters. The minimum atomic E-state index is -3.66. The van der Waals surface area contributed by atoms with Gasteiger partial charge in [-0.15, -0.1) is 10.2 Å². The van der Waals surface area contributed by atoms with E-state index < -0.39 is 10.0 Å². The molecule has 4 rings (SSSR count). The maximum atomic E-state index is 12.5. The van der Waals surface area contributed by atoms with Crippen molar-refractivity contribution in [1.82, 2.24) is 19.7 Å². The van der Waals surface area contributed by atoms with Gasteiger partial charge in [-0.1, -0.05) is 12.1 Å². The van der Waals surface area contributed by atoms with Crippen molar-refractivity contribution in [2.24, 2.45) is 0 Å². The van der Waals surface area contributed by atoms with Crippen molar-refractivity contribution < 1.29 is 13.2 Å². The quantitative estimate of drug-likeness (QED) is 0.507. The molecule has 0 aliphatic rings. The lowest BCUT2D eigenvalue weighted by Crippen LogP contribution is -2.12. The molecule has 0 bridgehead atoms. The average molecular weight is 421 g/mol. The predicted octanol–water partition coefficient (Wildman–Crippen LogP) is 3.87. The van der Waals surface area contributed by atoms with Crippen molar-refractivity contribution in [2.75, 3.05) is 4.72 Å². The number of aromatic nitrogens is 4. The molecule has 0 aliphatic carbocycles. The third kappa shape index (κ3) is 4.31. The smallest absolute Gasteiger partial charge is 0.261 e. The molecule has 0 saturated carbocycles. The Labute approximate surface area is 174 Å².